The third-order valence-corrected chi connectivity index (χ3v) is 7.04. The van der Waals surface area contributed by atoms with Crippen molar-refractivity contribution in [2.45, 2.75) is 52.1 Å². The number of aromatic hydroxyl groups is 1. The van der Waals surface area contributed by atoms with Gasteiger partial charge in [0.1, 0.15) is 5.75 Å². The SMILES string of the molecule is CCOc1ccc([C@H](CC(=O)O)NC(=O)Nc2c(O)c3c(n(Cc4ccccc4Cl)c2=O)CCC3)cc1OCC. The average molecular weight is 570 g/mol. The summed E-state index contributed by atoms with van der Waals surface area (Å²) in [6.45, 7) is 4.59. The predicted octanol–water partition coefficient (Wildman–Crippen LogP) is 4.88. The lowest BCUT2D eigenvalue weighted by molar-refractivity contribution is -0.137. The molecular formula is C29H32ClN3O7. The summed E-state index contributed by atoms with van der Waals surface area (Å²) in [6.07, 6.45) is 1.48. The van der Waals surface area contributed by atoms with E-state index < -0.39 is 30.0 Å². The minimum atomic E-state index is -1.14. The van der Waals surface area contributed by atoms with E-state index in [1.807, 2.05) is 26.0 Å². The number of hydrogen-bond donors (Lipinski definition) is 4. The molecule has 3 aromatic rings. The molecule has 1 heterocycles. The highest BCUT2D eigenvalue weighted by Crippen LogP contribution is 2.35. The monoisotopic (exact) mass is 569 g/mol. The Labute approximate surface area is 236 Å². The Morgan fingerprint density at radius 2 is 1.80 bits per heavy atom. The van der Waals surface area contributed by atoms with E-state index >= 15 is 0 Å². The number of carbonyl (C=O) groups excluding carboxylic acids is 1. The van der Waals surface area contributed by atoms with E-state index in [2.05, 4.69) is 10.6 Å². The molecule has 0 aliphatic heterocycles. The van der Waals surface area contributed by atoms with Crippen LogP contribution in [0.5, 0.6) is 17.2 Å². The Bertz CT molecular complexity index is 1470. The molecule has 0 unspecified atom stereocenters. The molecule has 2 amide bonds. The molecule has 1 aromatic heterocycles. The maximum atomic E-state index is 13.5. The van der Waals surface area contributed by atoms with E-state index in [1.165, 1.54) is 4.57 Å². The number of halogens is 1. The number of fused-ring (bicyclic) bond motifs is 1. The molecule has 0 saturated heterocycles. The highest BCUT2D eigenvalue weighted by Gasteiger charge is 2.27. The highest BCUT2D eigenvalue weighted by atomic mass is 35.5. The Morgan fingerprint density at radius 1 is 1.07 bits per heavy atom. The molecule has 0 spiro atoms. The number of amides is 2. The zero-order valence-corrected chi connectivity index (χ0v) is 23.1. The second kappa shape index (κ2) is 12.8. The fourth-order valence-corrected chi connectivity index (χ4v) is 5.08. The van der Waals surface area contributed by atoms with E-state index in [9.17, 15) is 24.6 Å². The molecule has 1 atom stereocenters. The summed E-state index contributed by atoms with van der Waals surface area (Å²) >= 11 is 6.34. The lowest BCUT2D eigenvalue weighted by Crippen LogP contribution is -2.37. The van der Waals surface area contributed by atoms with Crippen LogP contribution in [0.15, 0.2) is 47.3 Å². The molecular weight excluding hydrogens is 538 g/mol. The second-order valence-corrected chi connectivity index (χ2v) is 9.71. The van der Waals surface area contributed by atoms with Gasteiger partial charge >= 0.3 is 12.0 Å². The molecule has 0 bridgehead atoms. The number of aromatic nitrogens is 1. The summed E-state index contributed by atoms with van der Waals surface area (Å²) in [6, 6.07) is 10.3. The van der Waals surface area contributed by atoms with Gasteiger partial charge in [-0.1, -0.05) is 35.9 Å². The maximum Gasteiger partial charge on any atom is 0.319 e. The molecule has 2 aromatic carbocycles. The van der Waals surface area contributed by atoms with Crippen molar-refractivity contribution in [3.8, 4) is 17.2 Å². The number of aliphatic carboxylic acids is 1. The van der Waals surface area contributed by atoms with Crippen LogP contribution < -0.4 is 25.7 Å². The van der Waals surface area contributed by atoms with Crippen LogP contribution in [0.2, 0.25) is 5.02 Å². The van der Waals surface area contributed by atoms with Crippen molar-refractivity contribution >= 4 is 29.3 Å². The molecule has 1 aliphatic carbocycles. The van der Waals surface area contributed by atoms with Crippen LogP contribution in [0.25, 0.3) is 0 Å². The smallest absolute Gasteiger partial charge is 0.319 e. The van der Waals surface area contributed by atoms with Crippen LogP contribution >= 0.6 is 11.6 Å². The number of benzene rings is 2. The van der Waals surface area contributed by atoms with E-state index in [1.54, 1.807) is 30.3 Å². The number of anilines is 1. The summed E-state index contributed by atoms with van der Waals surface area (Å²) in [5.74, 6) is -0.510. The number of nitrogens with zero attached hydrogens (tertiary/aromatic N) is 1. The van der Waals surface area contributed by atoms with Crippen LogP contribution in [-0.2, 0) is 24.2 Å². The van der Waals surface area contributed by atoms with Crippen LogP contribution in [0, 0.1) is 0 Å². The predicted molar refractivity (Wildman–Crippen MR) is 151 cm³/mol. The standard InChI is InChI=1S/C29H32ClN3O7/c1-3-39-23-13-12-17(14-24(23)40-4-2)21(15-25(34)35)31-29(38)32-26-27(36)19-9-7-11-22(19)33(28(26)37)16-18-8-5-6-10-20(18)30/h5-6,8,10,12-14,21,36H,3-4,7,9,11,15-16H2,1-2H3,(H,34,35)(H2,31,32,38)/t21-/m0/s1. The lowest BCUT2D eigenvalue weighted by Gasteiger charge is -2.21. The number of carboxylic acid groups (broad SMARTS) is 1. The number of rotatable bonds is 11. The third-order valence-electron chi connectivity index (χ3n) is 6.67. The fraction of sp³-hybridized carbons (Fsp3) is 0.345. The number of carboxylic acids is 1. The van der Waals surface area contributed by atoms with Gasteiger partial charge in [-0.2, -0.15) is 0 Å². The van der Waals surface area contributed by atoms with Gasteiger partial charge in [-0.25, -0.2) is 4.79 Å². The first-order chi connectivity index (χ1) is 19.2. The molecule has 11 heteroatoms. The molecule has 1 aliphatic rings. The summed E-state index contributed by atoms with van der Waals surface area (Å²) < 4.78 is 12.7. The minimum absolute atomic E-state index is 0.172. The molecule has 0 fully saturated rings. The maximum absolute atomic E-state index is 13.5. The van der Waals surface area contributed by atoms with Crippen molar-refractivity contribution in [3.63, 3.8) is 0 Å². The number of nitrogens with one attached hydrogen (secondary N) is 2. The van der Waals surface area contributed by atoms with Gasteiger partial charge < -0.3 is 34.9 Å². The fourth-order valence-electron chi connectivity index (χ4n) is 4.89. The lowest BCUT2D eigenvalue weighted by atomic mass is 10.0. The molecule has 0 radical (unpaired) electrons. The van der Waals surface area contributed by atoms with E-state index in [-0.39, 0.29) is 18.0 Å². The van der Waals surface area contributed by atoms with Crippen molar-refractivity contribution in [2.24, 2.45) is 0 Å². The number of carbonyl (C=O) groups is 2. The number of hydrogen-bond acceptors (Lipinski definition) is 6. The normalized spacial score (nSPS) is 12.9. The zero-order valence-electron chi connectivity index (χ0n) is 22.3. The van der Waals surface area contributed by atoms with Gasteiger partial charge in [0.15, 0.2) is 17.2 Å². The number of pyridine rings is 1. The summed E-state index contributed by atoms with van der Waals surface area (Å²) in [7, 11) is 0. The Morgan fingerprint density at radius 3 is 2.50 bits per heavy atom. The van der Waals surface area contributed by atoms with Gasteiger partial charge in [-0.3, -0.25) is 9.59 Å². The molecule has 212 valence electrons. The van der Waals surface area contributed by atoms with Gasteiger partial charge in [-0.15, -0.1) is 0 Å². The van der Waals surface area contributed by atoms with Crippen molar-refractivity contribution in [3.05, 3.63) is 80.2 Å². The van der Waals surface area contributed by atoms with Gasteiger partial charge in [0.2, 0.25) is 0 Å². The molecule has 10 nitrogen and oxygen atoms in total. The number of ether oxygens (including phenoxy) is 2. The summed E-state index contributed by atoms with van der Waals surface area (Å²) in [5.41, 5.74) is 1.64. The topological polar surface area (TPSA) is 139 Å². The Kier molecular flexibility index (Phi) is 9.21. The van der Waals surface area contributed by atoms with Crippen LogP contribution in [0.3, 0.4) is 0 Å². The molecule has 0 saturated carbocycles. The van der Waals surface area contributed by atoms with Crippen molar-refractivity contribution < 1.29 is 29.3 Å². The second-order valence-electron chi connectivity index (χ2n) is 9.31. The Balaban J connectivity index is 1.64. The zero-order chi connectivity index (χ0) is 28.8. The van der Waals surface area contributed by atoms with Gasteiger partial charge in [0, 0.05) is 16.3 Å². The highest BCUT2D eigenvalue weighted by molar-refractivity contribution is 6.31. The Hall–Kier alpha value is -4.18. The van der Waals surface area contributed by atoms with E-state index in [0.717, 1.165) is 12.0 Å². The van der Waals surface area contributed by atoms with Crippen molar-refractivity contribution in [1.29, 1.82) is 0 Å². The van der Waals surface area contributed by atoms with Crippen molar-refractivity contribution in [2.75, 3.05) is 18.5 Å². The molecule has 4 N–H and O–H groups in total. The van der Waals surface area contributed by atoms with Gasteiger partial charge in [-0.05, 0) is 62.4 Å². The third kappa shape index (κ3) is 6.34. The van der Waals surface area contributed by atoms with E-state index in [0.29, 0.717) is 59.4 Å². The average Bonchev–Trinajstić information content (AvgIpc) is 3.41. The molecule has 40 heavy (non-hydrogen) atoms. The number of urea groups is 1. The van der Waals surface area contributed by atoms with Crippen LogP contribution in [-0.4, -0.2) is 40.0 Å². The largest absolute Gasteiger partial charge is 0.505 e. The van der Waals surface area contributed by atoms with Crippen LogP contribution in [0.4, 0.5) is 10.5 Å². The summed E-state index contributed by atoms with van der Waals surface area (Å²) in [4.78, 5) is 38.3. The van der Waals surface area contributed by atoms with Crippen molar-refractivity contribution in [1.82, 2.24) is 9.88 Å². The first kappa shape index (κ1) is 28.8. The first-order valence-electron chi connectivity index (χ1n) is 13.1. The van der Waals surface area contributed by atoms with E-state index in [4.69, 9.17) is 21.1 Å². The summed E-state index contributed by atoms with van der Waals surface area (Å²) in [5, 5.41) is 26.1. The molecule has 4 rings (SSSR count). The quantitative estimate of drug-likeness (QED) is 0.258. The minimum Gasteiger partial charge on any atom is -0.505 e. The van der Waals surface area contributed by atoms with Crippen LogP contribution in [0.1, 0.15) is 55.1 Å². The van der Waals surface area contributed by atoms with Gasteiger partial charge in [0.25, 0.3) is 5.56 Å². The van der Waals surface area contributed by atoms with Gasteiger partial charge in [0.05, 0.1) is 32.2 Å². The first-order valence-corrected chi connectivity index (χ1v) is 13.5.